The highest BCUT2D eigenvalue weighted by atomic mass is 16.6. The first-order valence-electron chi connectivity index (χ1n) is 6.41. The smallest absolute Gasteiger partial charge is 0.407 e. The molecule has 0 aromatic carbocycles. The minimum atomic E-state index is -0.431. The summed E-state index contributed by atoms with van der Waals surface area (Å²) in [4.78, 5) is 11.6. The van der Waals surface area contributed by atoms with Gasteiger partial charge in [0.2, 0.25) is 0 Å². The van der Waals surface area contributed by atoms with Gasteiger partial charge in [-0.15, -0.1) is 0 Å². The Morgan fingerprint density at radius 1 is 1.35 bits per heavy atom. The first kappa shape index (κ1) is 14.3. The lowest BCUT2D eigenvalue weighted by Gasteiger charge is -2.32. The topological polar surface area (TPSA) is 50.4 Å². The molecule has 1 aliphatic heterocycles. The fourth-order valence-electron chi connectivity index (χ4n) is 2.09. The van der Waals surface area contributed by atoms with Crippen LogP contribution in [0.2, 0.25) is 0 Å². The second kappa shape index (κ2) is 5.25. The first-order valence-corrected chi connectivity index (χ1v) is 6.41. The summed E-state index contributed by atoms with van der Waals surface area (Å²) in [6.45, 7) is 11.7. The van der Waals surface area contributed by atoms with Gasteiger partial charge in [0.05, 0.1) is 0 Å². The summed E-state index contributed by atoms with van der Waals surface area (Å²) >= 11 is 0. The van der Waals surface area contributed by atoms with E-state index in [0.29, 0.717) is 12.6 Å². The molecular weight excluding hydrogens is 216 g/mol. The highest BCUT2D eigenvalue weighted by Gasteiger charge is 2.32. The van der Waals surface area contributed by atoms with Gasteiger partial charge in [0, 0.05) is 12.6 Å². The number of rotatable bonds is 3. The molecular formula is C13H26N2O2. The first-order chi connectivity index (χ1) is 7.71. The average molecular weight is 242 g/mol. The molecule has 1 heterocycles. The SMILES string of the molecule is CC(C)(C)OC(=O)NCC(C)(C)C1CCCN1. The van der Waals surface area contributed by atoms with Crippen molar-refractivity contribution in [2.24, 2.45) is 5.41 Å². The molecule has 0 aliphatic carbocycles. The number of hydrogen-bond donors (Lipinski definition) is 2. The van der Waals surface area contributed by atoms with E-state index in [0.717, 1.165) is 6.54 Å². The summed E-state index contributed by atoms with van der Waals surface area (Å²) < 4.78 is 5.23. The second-order valence-electron chi connectivity index (χ2n) is 6.49. The molecule has 100 valence electrons. The van der Waals surface area contributed by atoms with Crippen LogP contribution in [0, 0.1) is 5.41 Å². The highest BCUT2D eigenvalue weighted by molar-refractivity contribution is 5.67. The number of alkyl carbamates (subject to hydrolysis) is 1. The Bertz CT molecular complexity index is 263. The largest absolute Gasteiger partial charge is 0.444 e. The van der Waals surface area contributed by atoms with Crippen LogP contribution in [0.3, 0.4) is 0 Å². The van der Waals surface area contributed by atoms with Crippen molar-refractivity contribution >= 4 is 6.09 Å². The third-order valence-corrected chi connectivity index (χ3v) is 3.09. The number of carbonyl (C=O) groups excluding carboxylic acids is 1. The van der Waals surface area contributed by atoms with E-state index in [2.05, 4.69) is 24.5 Å². The highest BCUT2D eigenvalue weighted by Crippen LogP contribution is 2.26. The van der Waals surface area contributed by atoms with Crippen molar-refractivity contribution in [3.63, 3.8) is 0 Å². The van der Waals surface area contributed by atoms with Crippen molar-refractivity contribution in [3.05, 3.63) is 0 Å². The van der Waals surface area contributed by atoms with Gasteiger partial charge >= 0.3 is 6.09 Å². The molecule has 1 aliphatic rings. The van der Waals surface area contributed by atoms with E-state index in [4.69, 9.17) is 4.74 Å². The lowest BCUT2D eigenvalue weighted by molar-refractivity contribution is 0.0498. The van der Waals surface area contributed by atoms with E-state index < -0.39 is 5.60 Å². The second-order valence-corrected chi connectivity index (χ2v) is 6.49. The number of nitrogens with one attached hydrogen (secondary N) is 2. The van der Waals surface area contributed by atoms with Gasteiger partial charge in [-0.25, -0.2) is 4.79 Å². The number of carbonyl (C=O) groups is 1. The summed E-state index contributed by atoms with van der Waals surface area (Å²) in [7, 11) is 0. The fraction of sp³-hybridized carbons (Fsp3) is 0.923. The van der Waals surface area contributed by atoms with Crippen molar-refractivity contribution < 1.29 is 9.53 Å². The lowest BCUT2D eigenvalue weighted by Crippen LogP contribution is -2.46. The van der Waals surface area contributed by atoms with Crippen LogP contribution in [-0.4, -0.2) is 30.8 Å². The molecule has 1 saturated heterocycles. The van der Waals surface area contributed by atoms with Gasteiger partial charge in [-0.2, -0.15) is 0 Å². The molecule has 0 spiro atoms. The fourth-order valence-corrected chi connectivity index (χ4v) is 2.09. The molecule has 0 saturated carbocycles. The molecule has 17 heavy (non-hydrogen) atoms. The predicted octanol–water partition coefficient (Wildman–Crippen LogP) is 2.29. The Hall–Kier alpha value is -0.770. The lowest BCUT2D eigenvalue weighted by atomic mass is 9.83. The quantitative estimate of drug-likeness (QED) is 0.798. The molecule has 1 amide bonds. The van der Waals surface area contributed by atoms with E-state index >= 15 is 0 Å². The van der Waals surface area contributed by atoms with Crippen molar-refractivity contribution in [3.8, 4) is 0 Å². The van der Waals surface area contributed by atoms with Crippen molar-refractivity contribution in [2.45, 2.75) is 59.1 Å². The van der Waals surface area contributed by atoms with Crippen LogP contribution in [0.15, 0.2) is 0 Å². The maximum Gasteiger partial charge on any atom is 0.407 e. The van der Waals surface area contributed by atoms with Crippen LogP contribution in [0.25, 0.3) is 0 Å². The standard InChI is InChI=1S/C13H26N2O2/c1-12(2,3)17-11(16)15-9-13(4,5)10-7-6-8-14-10/h10,14H,6-9H2,1-5H3,(H,15,16). The normalized spacial score (nSPS) is 21.4. The average Bonchev–Trinajstić information content (AvgIpc) is 2.65. The van der Waals surface area contributed by atoms with Crippen LogP contribution < -0.4 is 10.6 Å². The van der Waals surface area contributed by atoms with Crippen LogP contribution in [-0.2, 0) is 4.74 Å². The Kier molecular flexibility index (Phi) is 4.42. The molecule has 1 fully saturated rings. The number of ether oxygens (including phenoxy) is 1. The minimum Gasteiger partial charge on any atom is -0.444 e. The van der Waals surface area contributed by atoms with Gasteiger partial charge in [-0.3, -0.25) is 0 Å². The minimum absolute atomic E-state index is 0.0629. The summed E-state index contributed by atoms with van der Waals surface area (Å²) in [5, 5.41) is 6.33. The third-order valence-electron chi connectivity index (χ3n) is 3.09. The van der Waals surface area contributed by atoms with Gasteiger partial charge in [0.1, 0.15) is 5.60 Å². The van der Waals surface area contributed by atoms with Gasteiger partial charge in [-0.05, 0) is 45.6 Å². The molecule has 4 nitrogen and oxygen atoms in total. The molecule has 2 N–H and O–H groups in total. The van der Waals surface area contributed by atoms with Crippen molar-refractivity contribution in [1.82, 2.24) is 10.6 Å². The predicted molar refractivity (Wildman–Crippen MR) is 69.0 cm³/mol. The van der Waals surface area contributed by atoms with Gasteiger partial charge in [-0.1, -0.05) is 13.8 Å². The van der Waals surface area contributed by atoms with E-state index in [9.17, 15) is 4.79 Å². The van der Waals surface area contributed by atoms with Gasteiger partial charge in [0.25, 0.3) is 0 Å². The molecule has 0 radical (unpaired) electrons. The summed E-state index contributed by atoms with van der Waals surface area (Å²) in [6, 6.07) is 0.484. The number of amides is 1. The van der Waals surface area contributed by atoms with Gasteiger partial charge < -0.3 is 15.4 Å². The zero-order chi connectivity index (χ0) is 13.1. The van der Waals surface area contributed by atoms with Crippen LogP contribution in [0.1, 0.15) is 47.5 Å². The molecule has 0 aromatic heterocycles. The Balaban J connectivity index is 2.36. The maximum absolute atomic E-state index is 11.6. The summed E-state index contributed by atoms with van der Waals surface area (Å²) in [5.41, 5.74) is -0.368. The van der Waals surface area contributed by atoms with E-state index in [1.807, 2.05) is 20.8 Å². The Morgan fingerprint density at radius 3 is 2.47 bits per heavy atom. The zero-order valence-electron chi connectivity index (χ0n) is 11.7. The molecule has 0 aromatic rings. The maximum atomic E-state index is 11.6. The van der Waals surface area contributed by atoms with E-state index in [1.165, 1.54) is 12.8 Å². The molecule has 1 rings (SSSR count). The summed E-state index contributed by atoms with van der Waals surface area (Å²) in [6.07, 6.45) is 2.08. The number of hydrogen-bond acceptors (Lipinski definition) is 3. The molecule has 4 heteroatoms. The monoisotopic (exact) mass is 242 g/mol. The third kappa shape index (κ3) is 4.94. The summed E-state index contributed by atoms with van der Waals surface area (Å²) in [5.74, 6) is 0. The van der Waals surface area contributed by atoms with Gasteiger partial charge in [0.15, 0.2) is 0 Å². The molecule has 1 atom stereocenters. The molecule has 1 unspecified atom stereocenters. The Labute approximate surface area is 104 Å². The molecule has 0 bridgehead atoms. The van der Waals surface area contributed by atoms with Crippen LogP contribution in [0.5, 0.6) is 0 Å². The van der Waals surface area contributed by atoms with Crippen LogP contribution in [0.4, 0.5) is 4.79 Å². The van der Waals surface area contributed by atoms with E-state index in [1.54, 1.807) is 0 Å². The van der Waals surface area contributed by atoms with Crippen molar-refractivity contribution in [1.29, 1.82) is 0 Å². The zero-order valence-corrected chi connectivity index (χ0v) is 11.7. The van der Waals surface area contributed by atoms with E-state index in [-0.39, 0.29) is 11.5 Å². The van der Waals surface area contributed by atoms with Crippen molar-refractivity contribution in [2.75, 3.05) is 13.1 Å². The Morgan fingerprint density at radius 2 is 2.00 bits per heavy atom. The van der Waals surface area contributed by atoms with Crippen LogP contribution >= 0.6 is 0 Å².